The molecule has 1 fully saturated rings. The molecule has 1 amide bonds. The molecule has 1 N–H and O–H groups in total. The fourth-order valence-electron chi connectivity index (χ4n) is 6.00. The zero-order valence-electron chi connectivity index (χ0n) is 19.7. The van der Waals surface area contributed by atoms with E-state index in [9.17, 15) is 24.1 Å². The van der Waals surface area contributed by atoms with Crippen LogP contribution in [0.4, 0.5) is 15.0 Å². The number of amides is 1. The van der Waals surface area contributed by atoms with Crippen molar-refractivity contribution < 1.29 is 18.8 Å². The van der Waals surface area contributed by atoms with Crippen LogP contribution < -0.4 is 4.90 Å². The van der Waals surface area contributed by atoms with Gasteiger partial charge in [-0.25, -0.2) is 9.18 Å². The summed E-state index contributed by atoms with van der Waals surface area (Å²) >= 11 is -1.38. The van der Waals surface area contributed by atoms with Gasteiger partial charge in [-0.2, -0.15) is 15.2 Å². The lowest BCUT2D eigenvalue weighted by Crippen LogP contribution is -2.55. The largest absolute Gasteiger partial charge is 0.609 e. The van der Waals surface area contributed by atoms with Crippen molar-refractivity contribution in [3.8, 4) is 6.07 Å². The lowest BCUT2D eigenvalue weighted by molar-refractivity contribution is 0.119. The van der Waals surface area contributed by atoms with Crippen LogP contribution in [-0.4, -0.2) is 62.6 Å². The van der Waals surface area contributed by atoms with Gasteiger partial charge in [0.15, 0.2) is 0 Å². The highest BCUT2D eigenvalue weighted by molar-refractivity contribution is 7.90. The van der Waals surface area contributed by atoms with Gasteiger partial charge in [0.25, 0.3) is 0 Å². The van der Waals surface area contributed by atoms with Crippen molar-refractivity contribution in [3.63, 3.8) is 0 Å². The molecule has 1 saturated heterocycles. The van der Waals surface area contributed by atoms with E-state index >= 15 is 0 Å². The Bertz CT molecular complexity index is 1200. The highest BCUT2D eigenvalue weighted by Crippen LogP contribution is 2.47. The number of aromatic nitrogens is 2. The highest BCUT2D eigenvalue weighted by Gasteiger charge is 2.41. The van der Waals surface area contributed by atoms with Crippen LogP contribution >= 0.6 is 0 Å². The zero-order valence-corrected chi connectivity index (χ0v) is 20.5. The fraction of sp³-hybridized carbons (Fsp3) is 0.520. The Balaban J connectivity index is 1.47. The minimum Gasteiger partial charge on any atom is -0.609 e. The Kier molecular flexibility index (Phi) is 6.32. The van der Waals surface area contributed by atoms with Gasteiger partial charge >= 0.3 is 11.2 Å². The van der Waals surface area contributed by atoms with Crippen LogP contribution in [0.3, 0.4) is 0 Å². The van der Waals surface area contributed by atoms with E-state index in [-0.39, 0.29) is 29.4 Å². The first kappa shape index (κ1) is 23.8. The lowest BCUT2D eigenvalue weighted by Gasteiger charge is -2.44. The molecule has 0 radical (unpaired) electrons. The number of hydrogen-bond donors (Lipinski definition) is 1. The van der Waals surface area contributed by atoms with Gasteiger partial charge < -0.3 is 19.5 Å². The van der Waals surface area contributed by atoms with Gasteiger partial charge in [0.2, 0.25) is 0 Å². The lowest BCUT2D eigenvalue weighted by atomic mass is 9.63. The third-order valence-electron chi connectivity index (χ3n) is 7.80. The number of hydrogen-bond acceptors (Lipinski definition) is 6. The van der Waals surface area contributed by atoms with E-state index in [0.29, 0.717) is 31.7 Å². The minimum atomic E-state index is -1.38. The smallest absolute Gasteiger partial charge is 0.407 e. The number of piperazine rings is 1. The summed E-state index contributed by atoms with van der Waals surface area (Å²) in [5, 5.41) is 19.0. The van der Waals surface area contributed by atoms with E-state index < -0.39 is 23.3 Å². The number of carbonyl (C=O) groups is 1. The molecule has 1 spiro atoms. The van der Waals surface area contributed by atoms with Gasteiger partial charge in [-0.1, -0.05) is 12.1 Å². The summed E-state index contributed by atoms with van der Waals surface area (Å²) < 4.78 is 26.8. The summed E-state index contributed by atoms with van der Waals surface area (Å²) in [6.45, 7) is 1.08. The van der Waals surface area contributed by atoms with Gasteiger partial charge in [0.05, 0.1) is 24.2 Å². The Morgan fingerprint density at radius 1 is 1.29 bits per heavy atom. The Morgan fingerprint density at radius 3 is 2.77 bits per heavy atom. The van der Waals surface area contributed by atoms with Gasteiger partial charge in [0, 0.05) is 36.4 Å². The summed E-state index contributed by atoms with van der Waals surface area (Å²) in [5.74, 6) is 0.583. The Labute approximate surface area is 207 Å². The van der Waals surface area contributed by atoms with Crippen LogP contribution in [0.25, 0.3) is 0 Å². The average Bonchev–Trinajstić information content (AvgIpc) is 2.83. The maximum absolute atomic E-state index is 14.3. The molecule has 2 heterocycles. The molecule has 2 aromatic rings. The summed E-state index contributed by atoms with van der Waals surface area (Å²) in [6, 6.07) is 6.97. The van der Waals surface area contributed by atoms with Crippen LogP contribution in [0, 0.1) is 22.6 Å². The van der Waals surface area contributed by atoms with Crippen LogP contribution in [-0.2, 0) is 36.9 Å². The molecule has 2 aliphatic carbocycles. The first-order valence-corrected chi connectivity index (χ1v) is 13.5. The topological polar surface area (TPSA) is 116 Å². The number of anilines is 1. The van der Waals surface area contributed by atoms with E-state index in [1.165, 1.54) is 11.0 Å². The third kappa shape index (κ3) is 4.43. The first-order chi connectivity index (χ1) is 16.8. The maximum atomic E-state index is 14.3. The maximum Gasteiger partial charge on any atom is 0.407 e. The zero-order chi connectivity index (χ0) is 24.7. The van der Waals surface area contributed by atoms with Crippen molar-refractivity contribution in [3.05, 3.63) is 46.4 Å². The normalized spacial score (nSPS) is 24.5. The molecule has 1 aromatic heterocycles. The van der Waals surface area contributed by atoms with Crippen LogP contribution in [0.1, 0.15) is 41.6 Å². The molecular weight excluding hydrogens is 469 g/mol. The van der Waals surface area contributed by atoms with Gasteiger partial charge in [0.1, 0.15) is 17.9 Å². The highest BCUT2D eigenvalue weighted by atomic mass is 32.2. The number of nitriles is 1. The monoisotopic (exact) mass is 497 g/mol. The summed E-state index contributed by atoms with van der Waals surface area (Å²) in [5.41, 5.74) is 3.79. The molecule has 10 heteroatoms. The molecule has 3 aliphatic rings. The Hall–Kier alpha value is -2.90. The van der Waals surface area contributed by atoms with Crippen molar-refractivity contribution >= 4 is 23.1 Å². The predicted octanol–water partition coefficient (Wildman–Crippen LogP) is 3.10. The molecule has 5 rings (SSSR count). The van der Waals surface area contributed by atoms with Crippen LogP contribution in [0.15, 0.2) is 23.4 Å². The van der Waals surface area contributed by atoms with E-state index in [1.807, 2.05) is 11.0 Å². The second-order valence-corrected chi connectivity index (χ2v) is 11.2. The standard InChI is InChI=1S/C25H28FN5O3S/c1-35(34)23-28-21-14-25(8-5-18-16(13-25)3-2-4-20(18)26)9-6-19(21)22(29-23)30-11-12-31(24(32)33)17(15-30)7-10-27/h2-4,17H,5-9,11-15H2,1H3,(H,32,33)/t17-,25-,35?/m0/s1. The van der Waals surface area contributed by atoms with E-state index in [1.54, 1.807) is 12.3 Å². The molecular formula is C25H28FN5O3S. The molecule has 0 saturated carbocycles. The van der Waals surface area contributed by atoms with Crippen molar-refractivity contribution in [2.75, 3.05) is 30.8 Å². The van der Waals surface area contributed by atoms with Crippen molar-refractivity contribution in [2.24, 2.45) is 5.41 Å². The van der Waals surface area contributed by atoms with Crippen molar-refractivity contribution in [2.45, 2.75) is 56.1 Å². The molecule has 1 aromatic carbocycles. The molecule has 184 valence electrons. The molecule has 1 aliphatic heterocycles. The Morgan fingerprint density at radius 2 is 2.06 bits per heavy atom. The van der Waals surface area contributed by atoms with Crippen molar-refractivity contribution in [1.29, 1.82) is 5.26 Å². The third-order valence-corrected chi connectivity index (χ3v) is 8.49. The number of halogens is 1. The second-order valence-electron chi connectivity index (χ2n) is 9.88. The van der Waals surface area contributed by atoms with Gasteiger partial charge in [-0.3, -0.25) is 0 Å². The number of benzene rings is 1. The summed E-state index contributed by atoms with van der Waals surface area (Å²) in [7, 11) is 0. The molecule has 35 heavy (non-hydrogen) atoms. The summed E-state index contributed by atoms with van der Waals surface area (Å²) in [4.78, 5) is 24.4. The minimum absolute atomic E-state index is 0.0166. The van der Waals surface area contributed by atoms with Crippen LogP contribution in [0.5, 0.6) is 0 Å². The van der Waals surface area contributed by atoms with E-state index in [0.717, 1.165) is 48.1 Å². The quantitative estimate of drug-likeness (QED) is 0.512. The van der Waals surface area contributed by atoms with Gasteiger partial charge in [-0.05, 0) is 61.1 Å². The first-order valence-electron chi connectivity index (χ1n) is 11.9. The second kappa shape index (κ2) is 9.28. The summed E-state index contributed by atoms with van der Waals surface area (Å²) in [6.07, 6.45) is 5.42. The molecule has 3 atom stereocenters. The number of rotatable bonds is 3. The van der Waals surface area contributed by atoms with Crippen molar-refractivity contribution in [1.82, 2.24) is 14.9 Å². The molecule has 1 unspecified atom stereocenters. The fourth-order valence-corrected chi connectivity index (χ4v) is 6.45. The SMILES string of the molecule is C[S+]([O-])c1nc2c(c(N3CCN(C(=O)O)[C@@H](CC#N)C3)n1)CC[C@]1(CCc3c(F)cccc3C1)C2. The predicted molar refractivity (Wildman–Crippen MR) is 128 cm³/mol. The van der Waals surface area contributed by atoms with Crippen LogP contribution in [0.2, 0.25) is 0 Å². The van der Waals surface area contributed by atoms with E-state index in [2.05, 4.69) is 11.1 Å². The molecule has 0 bridgehead atoms. The van der Waals surface area contributed by atoms with Gasteiger partial charge in [-0.15, -0.1) is 0 Å². The number of fused-ring (bicyclic) bond motifs is 2. The molecule has 8 nitrogen and oxygen atoms in total. The van der Waals surface area contributed by atoms with E-state index in [4.69, 9.17) is 4.98 Å². The average molecular weight is 498 g/mol. The number of carboxylic acid groups (broad SMARTS) is 1. The number of nitrogens with zero attached hydrogens (tertiary/aromatic N) is 5.